The van der Waals surface area contributed by atoms with Crippen molar-refractivity contribution in [3.63, 3.8) is 0 Å². The van der Waals surface area contributed by atoms with Crippen LogP contribution in [0.15, 0.2) is 48.5 Å². The summed E-state index contributed by atoms with van der Waals surface area (Å²) in [7, 11) is 0. The fourth-order valence-electron chi connectivity index (χ4n) is 2.00. The number of hydrogen-bond acceptors (Lipinski definition) is 4. The molecule has 0 saturated heterocycles. The van der Waals surface area contributed by atoms with Gasteiger partial charge in [0, 0.05) is 18.2 Å². The molecule has 2 rings (SSSR count). The Labute approximate surface area is 128 Å². The van der Waals surface area contributed by atoms with Gasteiger partial charge in [-0.25, -0.2) is 4.79 Å². The number of aryl methyl sites for hydroxylation is 2. The molecule has 2 aromatic carbocycles. The van der Waals surface area contributed by atoms with E-state index >= 15 is 0 Å². The summed E-state index contributed by atoms with van der Waals surface area (Å²) in [6.07, 6.45) is 2.74. The molecular weight excluding hydrogens is 282 g/mol. The van der Waals surface area contributed by atoms with Crippen LogP contribution in [0, 0.1) is 24.0 Å². The molecule has 0 bridgehead atoms. The number of para-hydroxylation sites is 1. The van der Waals surface area contributed by atoms with Crippen molar-refractivity contribution in [2.45, 2.75) is 13.8 Å². The number of esters is 1. The van der Waals surface area contributed by atoms with Gasteiger partial charge in [0.1, 0.15) is 5.75 Å². The van der Waals surface area contributed by atoms with Crippen molar-refractivity contribution >= 4 is 17.7 Å². The van der Waals surface area contributed by atoms with Crippen molar-refractivity contribution in [2.75, 3.05) is 0 Å². The summed E-state index contributed by atoms with van der Waals surface area (Å²) in [6.45, 7) is 3.72. The van der Waals surface area contributed by atoms with Crippen LogP contribution >= 0.6 is 0 Å². The van der Waals surface area contributed by atoms with Gasteiger partial charge in [0.15, 0.2) is 0 Å². The average Bonchev–Trinajstić information content (AvgIpc) is 2.49. The number of hydrogen-bond donors (Lipinski definition) is 0. The van der Waals surface area contributed by atoms with Crippen LogP contribution in [0.5, 0.6) is 5.75 Å². The molecule has 0 heterocycles. The first-order valence-corrected chi connectivity index (χ1v) is 6.68. The molecule has 0 spiro atoms. The highest BCUT2D eigenvalue weighted by molar-refractivity contribution is 5.89. The zero-order chi connectivity index (χ0) is 16.1. The van der Waals surface area contributed by atoms with E-state index in [0.717, 1.165) is 11.1 Å². The third-order valence-corrected chi connectivity index (χ3v) is 3.10. The van der Waals surface area contributed by atoms with Crippen LogP contribution in [-0.4, -0.2) is 10.9 Å². The summed E-state index contributed by atoms with van der Waals surface area (Å²) < 4.78 is 5.32. The molecule has 0 atom stereocenters. The highest BCUT2D eigenvalue weighted by atomic mass is 16.6. The highest BCUT2D eigenvalue weighted by Crippen LogP contribution is 2.22. The zero-order valence-corrected chi connectivity index (χ0v) is 12.3. The van der Waals surface area contributed by atoms with Crippen LogP contribution < -0.4 is 4.74 Å². The van der Waals surface area contributed by atoms with Gasteiger partial charge in [-0.05, 0) is 36.6 Å². The van der Waals surface area contributed by atoms with E-state index in [-0.39, 0.29) is 5.69 Å². The Kier molecular flexibility index (Phi) is 4.68. The first-order valence-electron chi connectivity index (χ1n) is 6.68. The van der Waals surface area contributed by atoms with E-state index < -0.39 is 10.9 Å². The number of ether oxygens (including phenoxy) is 1. The SMILES string of the molecule is Cc1cccc(C)c1OC(=O)C=Cc1cccc([N+](=O)[O-])c1. The van der Waals surface area contributed by atoms with Gasteiger partial charge in [-0.15, -0.1) is 0 Å². The van der Waals surface area contributed by atoms with Crippen molar-refractivity contribution in [3.8, 4) is 5.75 Å². The van der Waals surface area contributed by atoms with Gasteiger partial charge in [-0.3, -0.25) is 10.1 Å². The standard InChI is InChI=1S/C17H15NO4/c1-12-5-3-6-13(2)17(12)22-16(19)10-9-14-7-4-8-15(11-14)18(20)21/h3-11H,1-2H3. The van der Waals surface area contributed by atoms with Gasteiger partial charge in [0.2, 0.25) is 0 Å². The lowest BCUT2D eigenvalue weighted by Crippen LogP contribution is -2.06. The summed E-state index contributed by atoms with van der Waals surface area (Å²) in [4.78, 5) is 22.1. The molecule has 2 aromatic rings. The molecule has 0 saturated carbocycles. The van der Waals surface area contributed by atoms with E-state index in [1.165, 1.54) is 24.3 Å². The minimum Gasteiger partial charge on any atom is -0.423 e. The number of benzene rings is 2. The molecule has 0 aliphatic rings. The van der Waals surface area contributed by atoms with Crippen LogP contribution in [0.25, 0.3) is 6.08 Å². The lowest BCUT2D eigenvalue weighted by molar-refractivity contribution is -0.384. The lowest BCUT2D eigenvalue weighted by atomic mass is 10.1. The van der Waals surface area contributed by atoms with Crippen molar-refractivity contribution in [1.29, 1.82) is 0 Å². The van der Waals surface area contributed by atoms with Gasteiger partial charge in [0.25, 0.3) is 5.69 Å². The normalized spacial score (nSPS) is 10.6. The van der Waals surface area contributed by atoms with Gasteiger partial charge >= 0.3 is 5.97 Å². The molecule has 112 valence electrons. The van der Waals surface area contributed by atoms with E-state index in [1.807, 2.05) is 32.0 Å². The number of nitro groups is 1. The molecule has 0 aliphatic carbocycles. The molecule has 0 unspecified atom stereocenters. The number of nitro benzene ring substituents is 1. The first-order chi connectivity index (χ1) is 10.5. The summed E-state index contributed by atoms with van der Waals surface area (Å²) in [6, 6.07) is 11.6. The maximum atomic E-state index is 11.9. The van der Waals surface area contributed by atoms with E-state index in [1.54, 1.807) is 12.1 Å². The second-order valence-corrected chi connectivity index (χ2v) is 4.83. The summed E-state index contributed by atoms with van der Waals surface area (Å²) >= 11 is 0. The van der Waals surface area contributed by atoms with E-state index in [2.05, 4.69) is 0 Å². The number of carbonyl (C=O) groups excluding carboxylic acids is 1. The number of non-ortho nitro benzene ring substituents is 1. The molecule has 22 heavy (non-hydrogen) atoms. The molecule has 0 fully saturated rings. The van der Waals surface area contributed by atoms with Crippen LogP contribution in [-0.2, 0) is 4.79 Å². The maximum absolute atomic E-state index is 11.9. The summed E-state index contributed by atoms with van der Waals surface area (Å²) in [5.74, 6) is 0.0140. The van der Waals surface area contributed by atoms with Gasteiger partial charge in [-0.2, -0.15) is 0 Å². The zero-order valence-electron chi connectivity index (χ0n) is 12.3. The van der Waals surface area contributed by atoms with Crippen molar-refractivity contribution in [2.24, 2.45) is 0 Å². The number of rotatable bonds is 4. The van der Waals surface area contributed by atoms with Crippen LogP contribution in [0.4, 0.5) is 5.69 Å². The minimum absolute atomic E-state index is 0.0229. The molecule has 5 heteroatoms. The maximum Gasteiger partial charge on any atom is 0.336 e. The van der Waals surface area contributed by atoms with Crippen LogP contribution in [0.3, 0.4) is 0 Å². The molecule has 0 aliphatic heterocycles. The predicted octanol–water partition coefficient (Wildman–Crippen LogP) is 3.83. The van der Waals surface area contributed by atoms with E-state index in [9.17, 15) is 14.9 Å². The summed E-state index contributed by atoms with van der Waals surface area (Å²) in [5.41, 5.74) is 2.28. The Hall–Kier alpha value is -2.95. The fourth-order valence-corrected chi connectivity index (χ4v) is 2.00. The lowest BCUT2D eigenvalue weighted by Gasteiger charge is -2.08. The first kappa shape index (κ1) is 15.4. The smallest absolute Gasteiger partial charge is 0.336 e. The Morgan fingerprint density at radius 2 is 1.77 bits per heavy atom. The Morgan fingerprint density at radius 3 is 2.41 bits per heavy atom. The highest BCUT2D eigenvalue weighted by Gasteiger charge is 2.08. The third kappa shape index (κ3) is 3.79. The molecule has 0 N–H and O–H groups in total. The number of carbonyl (C=O) groups is 1. The molecular formula is C17H15NO4. The molecule has 0 aromatic heterocycles. The topological polar surface area (TPSA) is 69.4 Å². The van der Waals surface area contributed by atoms with Gasteiger partial charge in [-0.1, -0.05) is 30.3 Å². The monoisotopic (exact) mass is 297 g/mol. The predicted molar refractivity (Wildman–Crippen MR) is 83.7 cm³/mol. The average molecular weight is 297 g/mol. The van der Waals surface area contributed by atoms with Crippen molar-refractivity contribution in [3.05, 3.63) is 75.3 Å². The second-order valence-electron chi connectivity index (χ2n) is 4.83. The molecule has 5 nitrogen and oxygen atoms in total. The van der Waals surface area contributed by atoms with Crippen molar-refractivity contribution in [1.82, 2.24) is 0 Å². The van der Waals surface area contributed by atoms with Crippen molar-refractivity contribution < 1.29 is 14.5 Å². The Balaban J connectivity index is 2.12. The third-order valence-electron chi connectivity index (χ3n) is 3.10. The molecule has 0 amide bonds. The van der Waals surface area contributed by atoms with Crippen LogP contribution in [0.1, 0.15) is 16.7 Å². The minimum atomic E-state index is -0.524. The largest absolute Gasteiger partial charge is 0.423 e. The van der Waals surface area contributed by atoms with Gasteiger partial charge < -0.3 is 4.74 Å². The fraction of sp³-hybridized carbons (Fsp3) is 0.118. The van der Waals surface area contributed by atoms with Crippen LogP contribution in [0.2, 0.25) is 0 Å². The van der Waals surface area contributed by atoms with E-state index in [4.69, 9.17) is 4.74 Å². The number of nitrogens with zero attached hydrogens (tertiary/aromatic N) is 1. The van der Waals surface area contributed by atoms with E-state index in [0.29, 0.717) is 11.3 Å². The second kappa shape index (κ2) is 6.67. The quantitative estimate of drug-likeness (QED) is 0.283. The van der Waals surface area contributed by atoms with Gasteiger partial charge in [0.05, 0.1) is 4.92 Å². The Morgan fingerprint density at radius 1 is 1.14 bits per heavy atom. The molecule has 0 radical (unpaired) electrons. The Bertz CT molecular complexity index is 730. The summed E-state index contributed by atoms with van der Waals surface area (Å²) in [5, 5.41) is 10.7.